The summed E-state index contributed by atoms with van der Waals surface area (Å²) in [6, 6.07) is 7.30. The van der Waals surface area contributed by atoms with Gasteiger partial charge in [-0.25, -0.2) is 4.98 Å². The van der Waals surface area contributed by atoms with Crippen LogP contribution in [0.1, 0.15) is 16.3 Å². The van der Waals surface area contributed by atoms with E-state index < -0.39 is 0 Å². The molecule has 0 fully saturated rings. The lowest BCUT2D eigenvalue weighted by molar-refractivity contribution is 0.0946. The molecular weight excluding hydrogens is 244 g/mol. The van der Waals surface area contributed by atoms with Gasteiger partial charge in [-0.2, -0.15) is 5.10 Å². The minimum absolute atomic E-state index is 0.216. The van der Waals surface area contributed by atoms with Gasteiger partial charge in [0, 0.05) is 5.39 Å². The first-order valence-electron chi connectivity index (χ1n) is 5.73. The number of carbonyl (C=O) groups excluding carboxylic acids is 1. The summed E-state index contributed by atoms with van der Waals surface area (Å²) in [4.78, 5) is 18.9. The van der Waals surface area contributed by atoms with Crippen molar-refractivity contribution in [2.75, 3.05) is 5.73 Å². The molecule has 1 aromatic carbocycles. The second kappa shape index (κ2) is 4.45. The maximum Gasteiger partial charge on any atom is 0.268 e. The highest BCUT2D eigenvalue weighted by atomic mass is 16.1. The fourth-order valence-electron chi connectivity index (χ4n) is 1.88. The number of aromatic amines is 2. The van der Waals surface area contributed by atoms with Crippen LogP contribution in [0.4, 0.5) is 5.69 Å². The SMILES string of the molecule is Nc1cccc2cc(C(=O)NCc3ncn[nH]3)[nH]c12. The molecule has 2 aromatic heterocycles. The van der Waals surface area contributed by atoms with E-state index in [1.807, 2.05) is 12.1 Å². The smallest absolute Gasteiger partial charge is 0.268 e. The van der Waals surface area contributed by atoms with Crippen molar-refractivity contribution in [2.45, 2.75) is 6.54 Å². The Hall–Kier alpha value is -2.83. The highest BCUT2D eigenvalue weighted by Gasteiger charge is 2.10. The first kappa shape index (κ1) is 11.3. The fourth-order valence-corrected chi connectivity index (χ4v) is 1.88. The third-order valence-electron chi connectivity index (χ3n) is 2.81. The van der Waals surface area contributed by atoms with Crippen LogP contribution in [-0.2, 0) is 6.54 Å². The molecule has 19 heavy (non-hydrogen) atoms. The van der Waals surface area contributed by atoms with Crippen molar-refractivity contribution < 1.29 is 4.79 Å². The second-order valence-electron chi connectivity index (χ2n) is 4.11. The van der Waals surface area contributed by atoms with Gasteiger partial charge >= 0.3 is 0 Å². The van der Waals surface area contributed by atoms with E-state index in [9.17, 15) is 4.79 Å². The molecule has 7 nitrogen and oxygen atoms in total. The molecule has 0 spiro atoms. The number of nitrogens with zero attached hydrogens (tertiary/aromatic N) is 2. The summed E-state index contributed by atoms with van der Waals surface area (Å²) in [5, 5.41) is 10.0. The van der Waals surface area contributed by atoms with E-state index in [1.165, 1.54) is 6.33 Å². The molecular formula is C12H12N6O. The van der Waals surface area contributed by atoms with Crippen molar-refractivity contribution in [3.63, 3.8) is 0 Å². The molecule has 3 aromatic rings. The van der Waals surface area contributed by atoms with E-state index in [0.717, 1.165) is 10.9 Å². The largest absolute Gasteiger partial charge is 0.397 e. The summed E-state index contributed by atoms with van der Waals surface area (Å²) < 4.78 is 0. The summed E-state index contributed by atoms with van der Waals surface area (Å²) in [5.41, 5.74) is 7.69. The number of nitrogens with two attached hydrogens (primary N) is 1. The Morgan fingerprint density at radius 1 is 1.42 bits per heavy atom. The van der Waals surface area contributed by atoms with Crippen molar-refractivity contribution in [2.24, 2.45) is 0 Å². The minimum atomic E-state index is -0.216. The van der Waals surface area contributed by atoms with Crippen LogP contribution in [0.3, 0.4) is 0 Å². The number of nitrogen functional groups attached to an aromatic ring is 1. The third kappa shape index (κ3) is 2.13. The first-order chi connectivity index (χ1) is 9.24. The Kier molecular flexibility index (Phi) is 2.64. The van der Waals surface area contributed by atoms with E-state index in [4.69, 9.17) is 5.73 Å². The number of carbonyl (C=O) groups is 1. The van der Waals surface area contributed by atoms with Crippen molar-refractivity contribution in [3.05, 3.63) is 42.1 Å². The molecule has 0 aliphatic rings. The quantitative estimate of drug-likeness (QED) is 0.519. The van der Waals surface area contributed by atoms with Crippen LogP contribution < -0.4 is 11.1 Å². The fraction of sp³-hybridized carbons (Fsp3) is 0.0833. The molecule has 3 rings (SSSR count). The summed E-state index contributed by atoms with van der Waals surface area (Å²) >= 11 is 0. The second-order valence-corrected chi connectivity index (χ2v) is 4.11. The summed E-state index contributed by atoms with van der Waals surface area (Å²) in [5.74, 6) is 0.385. The van der Waals surface area contributed by atoms with E-state index in [1.54, 1.807) is 12.1 Å². The number of para-hydroxylation sites is 1. The lowest BCUT2D eigenvalue weighted by Gasteiger charge is -2.00. The van der Waals surface area contributed by atoms with Gasteiger partial charge in [0.1, 0.15) is 17.8 Å². The molecule has 96 valence electrons. The Morgan fingerprint density at radius 2 is 2.32 bits per heavy atom. The van der Waals surface area contributed by atoms with Crippen molar-refractivity contribution in [3.8, 4) is 0 Å². The summed E-state index contributed by atoms with van der Waals surface area (Å²) in [6.07, 6.45) is 1.39. The standard InChI is InChI=1S/C12H12N6O/c13-8-3-1-2-7-4-9(17-11(7)8)12(19)14-5-10-15-6-16-18-10/h1-4,6,17H,5,13H2,(H,14,19)(H,15,16,18). The highest BCUT2D eigenvalue weighted by molar-refractivity contribution is 6.00. The predicted octanol–water partition coefficient (Wildman–Crippen LogP) is 0.798. The van der Waals surface area contributed by atoms with Crippen molar-refractivity contribution in [1.29, 1.82) is 0 Å². The monoisotopic (exact) mass is 256 g/mol. The molecule has 1 amide bonds. The molecule has 7 heteroatoms. The molecule has 0 saturated carbocycles. The van der Waals surface area contributed by atoms with Gasteiger partial charge in [-0.15, -0.1) is 0 Å². The molecule has 0 radical (unpaired) electrons. The van der Waals surface area contributed by atoms with Gasteiger partial charge in [0.2, 0.25) is 0 Å². The summed E-state index contributed by atoms with van der Waals surface area (Å²) in [6.45, 7) is 0.295. The molecule has 0 bridgehead atoms. The number of hydrogen-bond donors (Lipinski definition) is 4. The molecule has 5 N–H and O–H groups in total. The van der Waals surface area contributed by atoms with Crippen molar-refractivity contribution in [1.82, 2.24) is 25.5 Å². The van der Waals surface area contributed by atoms with Crippen LogP contribution in [0.25, 0.3) is 10.9 Å². The Labute approximate surface area is 108 Å². The van der Waals surface area contributed by atoms with E-state index in [-0.39, 0.29) is 5.91 Å². The van der Waals surface area contributed by atoms with Crippen LogP contribution in [0.15, 0.2) is 30.6 Å². The van der Waals surface area contributed by atoms with Gasteiger partial charge in [-0.1, -0.05) is 12.1 Å². The van der Waals surface area contributed by atoms with Crippen LogP contribution in [0.5, 0.6) is 0 Å². The predicted molar refractivity (Wildman–Crippen MR) is 70.3 cm³/mol. The van der Waals surface area contributed by atoms with Crippen LogP contribution in [-0.4, -0.2) is 26.1 Å². The number of fused-ring (bicyclic) bond motifs is 1. The van der Waals surface area contributed by atoms with Gasteiger partial charge in [-0.05, 0) is 12.1 Å². The number of H-pyrrole nitrogens is 2. The maximum atomic E-state index is 12.0. The average Bonchev–Trinajstić information content (AvgIpc) is 3.05. The number of benzene rings is 1. The molecule has 0 atom stereocenters. The van der Waals surface area contributed by atoms with Crippen LogP contribution >= 0.6 is 0 Å². The maximum absolute atomic E-state index is 12.0. The summed E-state index contributed by atoms with van der Waals surface area (Å²) in [7, 11) is 0. The number of rotatable bonds is 3. The van der Waals surface area contributed by atoms with E-state index in [2.05, 4.69) is 25.5 Å². The van der Waals surface area contributed by atoms with Gasteiger partial charge in [-0.3, -0.25) is 9.89 Å². The zero-order valence-electron chi connectivity index (χ0n) is 9.97. The van der Waals surface area contributed by atoms with Gasteiger partial charge in [0.25, 0.3) is 5.91 Å². The topological polar surface area (TPSA) is 112 Å². The highest BCUT2D eigenvalue weighted by Crippen LogP contribution is 2.20. The van der Waals surface area contributed by atoms with Gasteiger partial charge < -0.3 is 16.0 Å². The number of anilines is 1. The third-order valence-corrected chi connectivity index (χ3v) is 2.81. The van der Waals surface area contributed by atoms with Crippen LogP contribution in [0, 0.1) is 0 Å². The van der Waals surface area contributed by atoms with E-state index in [0.29, 0.717) is 23.8 Å². The lowest BCUT2D eigenvalue weighted by atomic mass is 10.2. The molecule has 2 heterocycles. The zero-order chi connectivity index (χ0) is 13.2. The molecule has 0 unspecified atom stereocenters. The average molecular weight is 256 g/mol. The lowest BCUT2D eigenvalue weighted by Crippen LogP contribution is -2.23. The Bertz CT molecular complexity index is 715. The van der Waals surface area contributed by atoms with Gasteiger partial charge in [0.05, 0.1) is 17.7 Å². The first-order valence-corrected chi connectivity index (χ1v) is 5.73. The Morgan fingerprint density at radius 3 is 3.05 bits per heavy atom. The number of nitrogens with one attached hydrogen (secondary N) is 3. The number of amides is 1. The normalized spacial score (nSPS) is 10.7. The van der Waals surface area contributed by atoms with E-state index >= 15 is 0 Å². The molecule has 0 aliphatic heterocycles. The Balaban J connectivity index is 1.80. The molecule has 0 saturated heterocycles. The molecule has 0 aliphatic carbocycles. The minimum Gasteiger partial charge on any atom is -0.397 e. The van der Waals surface area contributed by atoms with Gasteiger partial charge in [0.15, 0.2) is 0 Å². The number of hydrogen-bond acceptors (Lipinski definition) is 4. The zero-order valence-corrected chi connectivity index (χ0v) is 9.97. The van der Waals surface area contributed by atoms with Crippen LogP contribution in [0.2, 0.25) is 0 Å². The number of aromatic nitrogens is 4. The van der Waals surface area contributed by atoms with Crippen molar-refractivity contribution >= 4 is 22.5 Å².